The van der Waals surface area contributed by atoms with Crippen molar-refractivity contribution in [3.63, 3.8) is 0 Å². The van der Waals surface area contributed by atoms with Gasteiger partial charge in [-0.1, -0.05) is 35.1 Å². The van der Waals surface area contributed by atoms with E-state index in [1.54, 1.807) is 19.1 Å². The molecule has 2 aromatic heterocycles. The number of esters is 1. The number of fused-ring (bicyclic) bond motifs is 1. The van der Waals surface area contributed by atoms with Crippen LogP contribution in [0, 0.1) is 6.92 Å². The highest BCUT2D eigenvalue weighted by Crippen LogP contribution is 2.49. The van der Waals surface area contributed by atoms with Crippen molar-refractivity contribution in [1.29, 1.82) is 0 Å². The van der Waals surface area contributed by atoms with E-state index in [1.165, 1.54) is 21.9 Å². The largest absolute Gasteiger partial charge is 0.458 e. The molecule has 1 aromatic carbocycles. The van der Waals surface area contributed by atoms with Gasteiger partial charge in [0.2, 0.25) is 4.96 Å². The van der Waals surface area contributed by atoms with Crippen molar-refractivity contribution in [2.45, 2.75) is 31.8 Å². The summed E-state index contributed by atoms with van der Waals surface area (Å²) >= 11 is 7.15. The summed E-state index contributed by atoms with van der Waals surface area (Å²) in [7, 11) is 0. The number of nitrogens with zero attached hydrogens (tertiary/aromatic N) is 3. The Bertz CT molecular complexity index is 1020. The number of halogens is 1. The number of hydrogen-bond donors (Lipinski definition) is 0. The Balaban J connectivity index is 1.51. The first-order chi connectivity index (χ1) is 12.0. The molecule has 0 aliphatic heterocycles. The second-order valence-electron chi connectivity index (χ2n) is 6.09. The predicted octanol–water partition coefficient (Wildman–Crippen LogP) is 2.89. The van der Waals surface area contributed by atoms with Crippen LogP contribution in [0.4, 0.5) is 0 Å². The van der Waals surface area contributed by atoms with Gasteiger partial charge in [0.25, 0.3) is 5.56 Å². The quantitative estimate of drug-likeness (QED) is 0.655. The van der Waals surface area contributed by atoms with Crippen molar-refractivity contribution in [3.05, 3.63) is 62.0 Å². The maximum Gasteiger partial charge on any atom is 0.316 e. The molecule has 0 spiro atoms. The third-order valence-electron chi connectivity index (χ3n) is 4.28. The molecule has 4 rings (SSSR count). The SMILES string of the molecule is Cc1cc(=O)n2nc(COC(=O)C3(c4ccc(Cl)cc4)CC3)sc2n1. The molecular formula is C17H14ClN3O3S. The average Bonchev–Trinajstić information content (AvgIpc) is 3.28. The van der Waals surface area contributed by atoms with Crippen LogP contribution in [-0.2, 0) is 21.6 Å². The summed E-state index contributed by atoms with van der Waals surface area (Å²) in [6, 6.07) is 8.69. The van der Waals surface area contributed by atoms with E-state index in [9.17, 15) is 9.59 Å². The Labute approximate surface area is 152 Å². The number of benzene rings is 1. The van der Waals surface area contributed by atoms with Crippen LogP contribution >= 0.6 is 22.9 Å². The van der Waals surface area contributed by atoms with E-state index < -0.39 is 5.41 Å². The van der Waals surface area contributed by atoms with E-state index in [0.29, 0.717) is 20.7 Å². The average molecular weight is 376 g/mol. The van der Waals surface area contributed by atoms with Gasteiger partial charge in [-0.25, -0.2) is 4.98 Å². The molecule has 0 unspecified atom stereocenters. The van der Waals surface area contributed by atoms with Gasteiger partial charge in [0.05, 0.1) is 5.41 Å². The smallest absolute Gasteiger partial charge is 0.316 e. The van der Waals surface area contributed by atoms with Crippen molar-refractivity contribution in [2.75, 3.05) is 0 Å². The fraction of sp³-hybridized carbons (Fsp3) is 0.294. The summed E-state index contributed by atoms with van der Waals surface area (Å²) in [6.07, 6.45) is 1.51. The summed E-state index contributed by atoms with van der Waals surface area (Å²) in [5, 5.41) is 5.35. The third kappa shape index (κ3) is 2.94. The third-order valence-corrected chi connectivity index (χ3v) is 5.41. The molecule has 1 saturated carbocycles. The zero-order valence-corrected chi connectivity index (χ0v) is 14.9. The van der Waals surface area contributed by atoms with Gasteiger partial charge in [-0.05, 0) is 37.5 Å². The monoisotopic (exact) mass is 375 g/mol. The first-order valence-corrected chi connectivity index (χ1v) is 8.97. The highest BCUT2D eigenvalue weighted by atomic mass is 35.5. The van der Waals surface area contributed by atoms with Crippen LogP contribution in [0.5, 0.6) is 0 Å². The standard InChI is InChI=1S/C17H14ClN3O3S/c1-10-8-14(22)21-16(19-10)25-13(20-21)9-24-15(23)17(6-7-17)11-2-4-12(18)5-3-11/h2-5,8H,6-7,9H2,1H3. The highest BCUT2D eigenvalue weighted by molar-refractivity contribution is 7.16. The van der Waals surface area contributed by atoms with Gasteiger partial charge in [0.1, 0.15) is 6.61 Å². The Morgan fingerprint density at radius 2 is 2.08 bits per heavy atom. The van der Waals surface area contributed by atoms with Crippen LogP contribution in [0.15, 0.2) is 35.1 Å². The number of hydrogen-bond acceptors (Lipinski definition) is 6. The van der Waals surface area contributed by atoms with E-state index in [4.69, 9.17) is 16.3 Å². The molecule has 0 radical (unpaired) electrons. The summed E-state index contributed by atoms with van der Waals surface area (Å²) in [5.41, 5.74) is 0.736. The van der Waals surface area contributed by atoms with E-state index in [1.807, 2.05) is 12.1 Å². The number of aromatic nitrogens is 3. The summed E-state index contributed by atoms with van der Waals surface area (Å²) < 4.78 is 6.70. The fourth-order valence-corrected chi connectivity index (χ4v) is 3.77. The van der Waals surface area contributed by atoms with Crippen molar-refractivity contribution in [2.24, 2.45) is 0 Å². The summed E-state index contributed by atoms with van der Waals surface area (Å²) in [5.74, 6) is -0.273. The molecule has 25 heavy (non-hydrogen) atoms. The molecule has 0 saturated heterocycles. The molecule has 0 amide bonds. The van der Waals surface area contributed by atoms with E-state index >= 15 is 0 Å². The number of ether oxygens (including phenoxy) is 1. The first-order valence-electron chi connectivity index (χ1n) is 7.78. The molecule has 1 fully saturated rings. The van der Waals surface area contributed by atoms with Gasteiger partial charge in [-0.3, -0.25) is 9.59 Å². The highest BCUT2D eigenvalue weighted by Gasteiger charge is 2.52. The first kappa shape index (κ1) is 16.2. The van der Waals surface area contributed by atoms with Gasteiger partial charge in [0, 0.05) is 16.8 Å². The molecule has 8 heteroatoms. The maximum atomic E-state index is 12.6. The fourth-order valence-electron chi connectivity index (χ4n) is 2.79. The Kier molecular flexibility index (Phi) is 3.85. The van der Waals surface area contributed by atoms with Gasteiger partial charge < -0.3 is 4.74 Å². The summed E-state index contributed by atoms with van der Waals surface area (Å²) in [4.78, 5) is 29.2. The molecule has 0 N–H and O–H groups in total. The molecule has 6 nitrogen and oxygen atoms in total. The van der Waals surface area contributed by atoms with Crippen molar-refractivity contribution < 1.29 is 9.53 Å². The molecule has 0 bridgehead atoms. The number of carbonyl (C=O) groups excluding carboxylic acids is 1. The Hall–Kier alpha value is -2.25. The summed E-state index contributed by atoms with van der Waals surface area (Å²) in [6.45, 7) is 1.78. The van der Waals surface area contributed by atoms with Crippen LogP contribution in [0.1, 0.15) is 29.1 Å². The molecule has 2 heterocycles. The van der Waals surface area contributed by atoms with Gasteiger partial charge in [0.15, 0.2) is 5.01 Å². The van der Waals surface area contributed by atoms with E-state index in [2.05, 4.69) is 10.1 Å². The second kappa shape index (κ2) is 5.93. The Morgan fingerprint density at radius 3 is 2.76 bits per heavy atom. The normalized spacial score (nSPS) is 15.3. The van der Waals surface area contributed by atoms with Crippen LogP contribution in [0.3, 0.4) is 0 Å². The minimum absolute atomic E-state index is 0.0285. The lowest BCUT2D eigenvalue weighted by molar-refractivity contribution is -0.148. The zero-order chi connectivity index (χ0) is 17.6. The van der Waals surface area contributed by atoms with Crippen LogP contribution < -0.4 is 5.56 Å². The topological polar surface area (TPSA) is 73.6 Å². The molecule has 3 aromatic rings. The molecular weight excluding hydrogens is 362 g/mol. The Morgan fingerprint density at radius 1 is 1.36 bits per heavy atom. The molecule has 128 valence electrons. The predicted molar refractivity (Wildman–Crippen MR) is 94.0 cm³/mol. The van der Waals surface area contributed by atoms with E-state index in [-0.39, 0.29) is 18.1 Å². The minimum Gasteiger partial charge on any atom is -0.458 e. The van der Waals surface area contributed by atoms with Crippen molar-refractivity contribution >= 4 is 33.9 Å². The lowest BCUT2D eigenvalue weighted by Crippen LogP contribution is -2.23. The zero-order valence-electron chi connectivity index (χ0n) is 13.4. The van der Waals surface area contributed by atoms with Crippen molar-refractivity contribution in [3.8, 4) is 0 Å². The van der Waals surface area contributed by atoms with Crippen LogP contribution in [0.25, 0.3) is 4.96 Å². The minimum atomic E-state index is -0.576. The molecule has 0 atom stereocenters. The maximum absolute atomic E-state index is 12.6. The van der Waals surface area contributed by atoms with Crippen LogP contribution in [-0.4, -0.2) is 20.6 Å². The van der Waals surface area contributed by atoms with Gasteiger partial charge >= 0.3 is 5.97 Å². The second-order valence-corrected chi connectivity index (χ2v) is 7.57. The lowest BCUT2D eigenvalue weighted by Gasteiger charge is -2.14. The van der Waals surface area contributed by atoms with Crippen molar-refractivity contribution in [1.82, 2.24) is 14.6 Å². The lowest BCUT2D eigenvalue weighted by atomic mass is 9.96. The number of aryl methyl sites for hydroxylation is 1. The van der Waals surface area contributed by atoms with E-state index in [0.717, 1.165) is 18.4 Å². The number of carbonyl (C=O) groups is 1. The van der Waals surface area contributed by atoms with Gasteiger partial charge in [-0.2, -0.15) is 9.61 Å². The molecule has 1 aliphatic carbocycles. The van der Waals surface area contributed by atoms with Crippen LogP contribution in [0.2, 0.25) is 5.02 Å². The number of rotatable bonds is 4. The van der Waals surface area contributed by atoms with Gasteiger partial charge in [-0.15, -0.1) is 0 Å². The molecule has 1 aliphatic rings.